The number of hydrogen-bond acceptors (Lipinski definition) is 4. The van der Waals surface area contributed by atoms with Gasteiger partial charge in [0.2, 0.25) is 5.95 Å². The Hall–Kier alpha value is -2.02. The van der Waals surface area contributed by atoms with E-state index in [-0.39, 0.29) is 22.4 Å². The second kappa shape index (κ2) is 5.07. The van der Waals surface area contributed by atoms with Crippen LogP contribution in [0.15, 0.2) is 22.8 Å². The molecule has 0 fully saturated rings. The molecule has 3 rings (SSSR count). The smallest absolute Gasteiger partial charge is 0.251 e. The molecular formula is C14H11BrFN4O. The van der Waals surface area contributed by atoms with Crippen molar-refractivity contribution in [2.24, 2.45) is 0 Å². The van der Waals surface area contributed by atoms with Crippen LogP contribution in [0.1, 0.15) is 15.9 Å². The third kappa shape index (κ3) is 2.49. The van der Waals surface area contributed by atoms with Gasteiger partial charge in [0.05, 0.1) is 0 Å². The number of fused-ring (bicyclic) bond motifs is 1. The lowest BCUT2D eigenvalue weighted by Gasteiger charge is -2.23. The van der Waals surface area contributed by atoms with Gasteiger partial charge >= 0.3 is 0 Å². The lowest BCUT2D eigenvalue weighted by molar-refractivity contribution is 0.0934. The number of aromatic nitrogens is 2. The highest BCUT2D eigenvalue weighted by molar-refractivity contribution is 9.10. The quantitative estimate of drug-likeness (QED) is 0.826. The molecule has 0 saturated heterocycles. The molecule has 1 atom stereocenters. The van der Waals surface area contributed by atoms with Gasteiger partial charge in [0, 0.05) is 17.2 Å². The van der Waals surface area contributed by atoms with Crippen LogP contribution >= 0.6 is 15.9 Å². The van der Waals surface area contributed by atoms with Crippen molar-refractivity contribution in [1.82, 2.24) is 15.3 Å². The molecule has 1 aliphatic heterocycles. The van der Waals surface area contributed by atoms with Crippen LogP contribution in [0.5, 0.6) is 0 Å². The monoisotopic (exact) mass is 349 g/mol. The molecule has 1 aromatic heterocycles. The van der Waals surface area contributed by atoms with Crippen molar-refractivity contribution in [3.8, 4) is 11.3 Å². The van der Waals surface area contributed by atoms with E-state index in [0.717, 1.165) is 5.56 Å². The summed E-state index contributed by atoms with van der Waals surface area (Å²) in [5.41, 5.74) is 8.24. The SMILES string of the molecule is [CH2]C1Cc2cc(-c3nc(Br)c(F)nc3N)ccc2C(=O)N1. The predicted octanol–water partition coefficient (Wildman–Crippen LogP) is 2.12. The molecule has 2 heterocycles. The molecule has 1 radical (unpaired) electrons. The maximum atomic E-state index is 13.3. The fraction of sp³-hybridized carbons (Fsp3) is 0.143. The largest absolute Gasteiger partial charge is 0.382 e. The summed E-state index contributed by atoms with van der Waals surface area (Å²) in [5.74, 6) is -0.907. The number of nitrogens with two attached hydrogens (primary N) is 1. The Balaban J connectivity index is 2.11. The number of nitrogen functional groups attached to an aromatic ring is 1. The molecule has 3 N–H and O–H groups in total. The summed E-state index contributed by atoms with van der Waals surface area (Å²) in [5, 5.41) is 2.76. The number of nitrogens with one attached hydrogen (secondary N) is 1. The van der Waals surface area contributed by atoms with Crippen LogP contribution in [0.4, 0.5) is 10.2 Å². The first-order valence-corrected chi connectivity index (χ1v) is 7.00. The van der Waals surface area contributed by atoms with E-state index in [1.54, 1.807) is 12.1 Å². The Bertz CT molecular complexity index is 750. The van der Waals surface area contributed by atoms with Crippen molar-refractivity contribution in [3.63, 3.8) is 0 Å². The van der Waals surface area contributed by atoms with E-state index >= 15 is 0 Å². The highest BCUT2D eigenvalue weighted by Crippen LogP contribution is 2.28. The van der Waals surface area contributed by atoms with Crippen molar-refractivity contribution >= 4 is 27.7 Å². The third-order valence-corrected chi connectivity index (χ3v) is 3.77. The summed E-state index contributed by atoms with van der Waals surface area (Å²) >= 11 is 2.99. The van der Waals surface area contributed by atoms with Crippen LogP contribution in [0.3, 0.4) is 0 Å². The fourth-order valence-electron chi connectivity index (χ4n) is 2.33. The zero-order valence-corrected chi connectivity index (χ0v) is 12.4. The van der Waals surface area contributed by atoms with Gasteiger partial charge in [0.1, 0.15) is 5.69 Å². The van der Waals surface area contributed by atoms with Crippen molar-refractivity contribution in [3.05, 3.63) is 46.8 Å². The normalized spacial score (nSPS) is 17.3. The number of carbonyl (C=O) groups excluding carboxylic acids is 1. The summed E-state index contributed by atoms with van der Waals surface area (Å²) in [6.45, 7) is 3.85. The van der Waals surface area contributed by atoms with Gasteiger partial charge in [-0.15, -0.1) is 0 Å². The Morgan fingerprint density at radius 3 is 2.95 bits per heavy atom. The molecule has 0 saturated carbocycles. The maximum absolute atomic E-state index is 13.3. The van der Waals surface area contributed by atoms with Gasteiger partial charge in [-0.25, -0.2) is 4.98 Å². The van der Waals surface area contributed by atoms with Crippen LogP contribution < -0.4 is 11.1 Å². The molecule has 5 nitrogen and oxygen atoms in total. The second-order valence-corrected chi connectivity index (χ2v) is 5.54. The first-order chi connectivity index (χ1) is 9.95. The fourth-order valence-corrected chi connectivity index (χ4v) is 2.60. The van der Waals surface area contributed by atoms with E-state index in [9.17, 15) is 9.18 Å². The highest BCUT2D eigenvalue weighted by Gasteiger charge is 2.22. The first-order valence-electron chi connectivity index (χ1n) is 6.21. The highest BCUT2D eigenvalue weighted by atomic mass is 79.9. The van der Waals surface area contributed by atoms with Crippen LogP contribution in [0, 0.1) is 12.9 Å². The van der Waals surface area contributed by atoms with Crippen molar-refractivity contribution in [1.29, 1.82) is 0 Å². The number of carbonyl (C=O) groups is 1. The molecule has 1 aliphatic rings. The summed E-state index contributed by atoms with van der Waals surface area (Å²) in [6.07, 6.45) is 0.616. The average molecular weight is 350 g/mol. The second-order valence-electron chi connectivity index (χ2n) is 4.79. The summed E-state index contributed by atoms with van der Waals surface area (Å²) in [4.78, 5) is 19.5. The number of rotatable bonds is 1. The van der Waals surface area contributed by atoms with Gasteiger partial charge in [-0.1, -0.05) is 6.07 Å². The lowest BCUT2D eigenvalue weighted by Crippen LogP contribution is -2.39. The van der Waals surface area contributed by atoms with Gasteiger partial charge in [-0.3, -0.25) is 4.79 Å². The Morgan fingerprint density at radius 2 is 2.19 bits per heavy atom. The molecular weight excluding hydrogens is 339 g/mol. The molecule has 7 heteroatoms. The van der Waals surface area contributed by atoms with E-state index < -0.39 is 5.95 Å². The molecule has 21 heavy (non-hydrogen) atoms. The molecule has 107 valence electrons. The summed E-state index contributed by atoms with van der Waals surface area (Å²) in [6, 6.07) is 5.05. The van der Waals surface area contributed by atoms with Crippen molar-refractivity contribution in [2.75, 3.05) is 5.73 Å². The van der Waals surface area contributed by atoms with E-state index in [1.165, 1.54) is 0 Å². The van der Waals surface area contributed by atoms with Gasteiger partial charge in [-0.2, -0.15) is 9.37 Å². The average Bonchev–Trinajstić information content (AvgIpc) is 2.42. The van der Waals surface area contributed by atoms with Crippen LogP contribution in [-0.2, 0) is 6.42 Å². The lowest BCUT2D eigenvalue weighted by atomic mass is 9.93. The van der Waals surface area contributed by atoms with Crippen molar-refractivity contribution < 1.29 is 9.18 Å². The van der Waals surface area contributed by atoms with E-state index in [2.05, 4.69) is 38.1 Å². The molecule has 1 aromatic carbocycles. The first kappa shape index (κ1) is 13.9. The molecule has 0 spiro atoms. The van der Waals surface area contributed by atoms with Crippen LogP contribution in [-0.4, -0.2) is 21.9 Å². The predicted molar refractivity (Wildman–Crippen MR) is 79.9 cm³/mol. The van der Waals surface area contributed by atoms with Crippen molar-refractivity contribution in [2.45, 2.75) is 12.5 Å². The summed E-state index contributed by atoms with van der Waals surface area (Å²) in [7, 11) is 0. The van der Waals surface area contributed by atoms with E-state index in [4.69, 9.17) is 5.73 Å². The minimum absolute atomic E-state index is 0.00193. The molecule has 0 aliphatic carbocycles. The number of anilines is 1. The standard InChI is InChI=1S/C14H11BrFN4O/c1-6-4-8-5-7(2-3-9(8)14(21)18-6)10-13(17)20-12(16)11(15)19-10/h2-3,5-6H,1,4H2,(H2,17,20)(H,18,21). The van der Waals surface area contributed by atoms with Gasteiger partial charge in [-0.05, 0) is 47.0 Å². The Kier molecular flexibility index (Phi) is 3.36. The Labute approximate surface area is 128 Å². The topological polar surface area (TPSA) is 80.9 Å². The zero-order chi connectivity index (χ0) is 15.1. The summed E-state index contributed by atoms with van der Waals surface area (Å²) < 4.78 is 13.3. The third-order valence-electron chi connectivity index (χ3n) is 3.27. The van der Waals surface area contributed by atoms with E-state index in [1.807, 2.05) is 6.07 Å². The van der Waals surface area contributed by atoms with Crippen LogP contribution in [0.25, 0.3) is 11.3 Å². The molecule has 0 bridgehead atoms. The van der Waals surface area contributed by atoms with Crippen LogP contribution in [0.2, 0.25) is 0 Å². The molecule has 1 unspecified atom stereocenters. The maximum Gasteiger partial charge on any atom is 0.251 e. The number of benzene rings is 1. The minimum atomic E-state index is -0.758. The number of halogens is 2. The molecule has 1 amide bonds. The van der Waals surface area contributed by atoms with E-state index in [0.29, 0.717) is 23.2 Å². The minimum Gasteiger partial charge on any atom is -0.382 e. The molecule has 2 aromatic rings. The van der Waals surface area contributed by atoms with Gasteiger partial charge in [0.25, 0.3) is 5.91 Å². The van der Waals surface area contributed by atoms with Gasteiger partial charge in [0.15, 0.2) is 10.4 Å². The van der Waals surface area contributed by atoms with Gasteiger partial charge < -0.3 is 11.1 Å². The number of amides is 1. The number of hydrogen-bond donors (Lipinski definition) is 2. The Morgan fingerprint density at radius 1 is 1.43 bits per heavy atom. The zero-order valence-electron chi connectivity index (χ0n) is 10.9. The number of nitrogens with zero attached hydrogens (tertiary/aromatic N) is 2.